The van der Waals surface area contributed by atoms with Crippen LogP contribution < -0.4 is 0 Å². The maximum atomic E-state index is 11.4. The summed E-state index contributed by atoms with van der Waals surface area (Å²) < 4.78 is 1.26. The molecule has 0 aliphatic rings. The topological polar surface area (TPSA) is 118 Å². The van der Waals surface area contributed by atoms with Gasteiger partial charge in [-0.1, -0.05) is 17.3 Å². The molecule has 0 fully saturated rings. The average Bonchev–Trinajstić information content (AvgIpc) is 3.01. The van der Waals surface area contributed by atoms with Crippen LogP contribution in [0.5, 0.6) is 0 Å². The van der Waals surface area contributed by atoms with Crippen LogP contribution >= 0.6 is 0 Å². The molecule has 3 aromatic rings. The number of benzene rings is 1. The van der Waals surface area contributed by atoms with Crippen molar-refractivity contribution in [2.75, 3.05) is 0 Å². The van der Waals surface area contributed by atoms with Gasteiger partial charge in [0.05, 0.1) is 16.9 Å². The Hall–Kier alpha value is -3.55. The Bertz CT molecular complexity index is 890. The van der Waals surface area contributed by atoms with E-state index in [0.717, 1.165) is 0 Å². The minimum atomic E-state index is -1.24. The largest absolute Gasteiger partial charge is 0.478 e. The first-order valence-corrected chi connectivity index (χ1v) is 6.52. The van der Waals surface area contributed by atoms with Gasteiger partial charge in [-0.25, -0.2) is 14.3 Å². The molecule has 0 amide bonds. The Morgan fingerprint density at radius 2 is 1.83 bits per heavy atom. The number of hydrogen-bond acceptors (Lipinski definition) is 5. The van der Waals surface area contributed by atoms with Gasteiger partial charge in [-0.2, -0.15) is 0 Å². The van der Waals surface area contributed by atoms with Crippen molar-refractivity contribution in [2.45, 2.75) is 0 Å². The first-order valence-electron chi connectivity index (χ1n) is 6.52. The molecule has 0 bridgehead atoms. The van der Waals surface area contributed by atoms with Gasteiger partial charge in [-0.3, -0.25) is 4.98 Å². The molecule has 114 valence electrons. The van der Waals surface area contributed by atoms with E-state index in [-0.39, 0.29) is 17.0 Å². The van der Waals surface area contributed by atoms with Gasteiger partial charge in [0.15, 0.2) is 5.69 Å². The van der Waals surface area contributed by atoms with Gasteiger partial charge in [0, 0.05) is 6.20 Å². The highest BCUT2D eigenvalue weighted by Gasteiger charge is 2.22. The van der Waals surface area contributed by atoms with Gasteiger partial charge in [-0.05, 0) is 30.3 Å². The molecule has 0 saturated carbocycles. The summed E-state index contributed by atoms with van der Waals surface area (Å²) in [4.78, 5) is 26.6. The maximum absolute atomic E-state index is 11.4. The molecule has 0 saturated heterocycles. The molecule has 2 N–H and O–H groups in total. The summed E-state index contributed by atoms with van der Waals surface area (Å²) in [6.45, 7) is 0. The third-order valence-electron chi connectivity index (χ3n) is 3.12. The SMILES string of the molecule is O=C(O)c1cccc(-n2nnc(C(=O)O)c2-c2ccccn2)c1. The van der Waals surface area contributed by atoms with Gasteiger partial charge in [-0.15, -0.1) is 5.10 Å². The number of hydrogen-bond donors (Lipinski definition) is 2. The van der Waals surface area contributed by atoms with Gasteiger partial charge in [0.1, 0.15) is 5.69 Å². The predicted molar refractivity (Wildman–Crippen MR) is 78.5 cm³/mol. The van der Waals surface area contributed by atoms with Crippen molar-refractivity contribution in [1.29, 1.82) is 0 Å². The zero-order valence-corrected chi connectivity index (χ0v) is 11.6. The number of pyridine rings is 1. The van der Waals surface area contributed by atoms with E-state index >= 15 is 0 Å². The van der Waals surface area contributed by atoms with Crippen LogP contribution in [-0.2, 0) is 0 Å². The number of aromatic nitrogens is 4. The minimum absolute atomic E-state index is 0.0573. The first-order chi connectivity index (χ1) is 11.1. The van der Waals surface area contributed by atoms with Crippen LogP contribution in [0.2, 0.25) is 0 Å². The zero-order chi connectivity index (χ0) is 16.4. The predicted octanol–water partition coefficient (Wildman–Crippen LogP) is 1.73. The lowest BCUT2D eigenvalue weighted by Crippen LogP contribution is -2.05. The number of carbonyl (C=O) groups is 2. The molecule has 0 atom stereocenters. The fourth-order valence-electron chi connectivity index (χ4n) is 2.11. The molecule has 0 aliphatic heterocycles. The fraction of sp³-hybridized carbons (Fsp3) is 0. The molecule has 1 aromatic carbocycles. The molecule has 2 heterocycles. The zero-order valence-electron chi connectivity index (χ0n) is 11.6. The van der Waals surface area contributed by atoms with Gasteiger partial charge >= 0.3 is 11.9 Å². The Labute approximate surface area is 129 Å². The van der Waals surface area contributed by atoms with E-state index in [1.165, 1.54) is 23.0 Å². The number of rotatable bonds is 4. The van der Waals surface area contributed by atoms with Crippen LogP contribution in [0.3, 0.4) is 0 Å². The fourth-order valence-corrected chi connectivity index (χ4v) is 2.11. The quantitative estimate of drug-likeness (QED) is 0.753. The second-order valence-corrected chi connectivity index (χ2v) is 4.57. The van der Waals surface area contributed by atoms with Crippen LogP contribution in [0.25, 0.3) is 17.1 Å². The van der Waals surface area contributed by atoms with E-state index < -0.39 is 11.9 Å². The minimum Gasteiger partial charge on any atom is -0.478 e. The molecule has 8 nitrogen and oxygen atoms in total. The summed E-state index contributed by atoms with van der Waals surface area (Å²) >= 11 is 0. The number of carboxylic acid groups (broad SMARTS) is 2. The lowest BCUT2D eigenvalue weighted by atomic mass is 10.1. The van der Waals surface area contributed by atoms with E-state index in [2.05, 4.69) is 15.3 Å². The lowest BCUT2D eigenvalue weighted by Gasteiger charge is -2.07. The van der Waals surface area contributed by atoms with Gasteiger partial charge in [0.2, 0.25) is 0 Å². The standard InChI is InChI=1S/C15H10N4O4/c20-14(21)9-4-3-5-10(8-9)19-13(11-6-1-2-7-16-11)12(15(22)23)17-18-19/h1-8H,(H,20,21)(H,22,23). The van der Waals surface area contributed by atoms with E-state index in [1.54, 1.807) is 30.3 Å². The van der Waals surface area contributed by atoms with E-state index in [1.807, 2.05) is 0 Å². The molecular formula is C15H10N4O4. The van der Waals surface area contributed by atoms with Crippen LogP contribution in [0.1, 0.15) is 20.8 Å². The molecule has 2 aromatic heterocycles. The van der Waals surface area contributed by atoms with E-state index in [0.29, 0.717) is 11.4 Å². The van der Waals surface area contributed by atoms with E-state index in [9.17, 15) is 14.7 Å². The van der Waals surface area contributed by atoms with Crippen LogP contribution in [0.15, 0.2) is 48.7 Å². The van der Waals surface area contributed by atoms with Crippen molar-refractivity contribution >= 4 is 11.9 Å². The van der Waals surface area contributed by atoms with Crippen molar-refractivity contribution in [2.24, 2.45) is 0 Å². The second kappa shape index (κ2) is 5.68. The van der Waals surface area contributed by atoms with Gasteiger partial charge in [0.25, 0.3) is 0 Å². The highest BCUT2D eigenvalue weighted by atomic mass is 16.4. The second-order valence-electron chi connectivity index (χ2n) is 4.57. The molecule has 0 aliphatic carbocycles. The summed E-state index contributed by atoms with van der Waals surface area (Å²) in [5.41, 5.74) is 0.730. The molecule has 8 heteroatoms. The van der Waals surface area contributed by atoms with Crippen molar-refractivity contribution < 1.29 is 19.8 Å². The molecule has 23 heavy (non-hydrogen) atoms. The van der Waals surface area contributed by atoms with Crippen molar-refractivity contribution in [3.63, 3.8) is 0 Å². The van der Waals surface area contributed by atoms with E-state index in [4.69, 9.17) is 5.11 Å². The number of carboxylic acids is 2. The first kappa shape index (κ1) is 14.4. The smallest absolute Gasteiger partial charge is 0.358 e. The Morgan fingerprint density at radius 3 is 2.48 bits per heavy atom. The summed E-state index contributed by atoms with van der Waals surface area (Å²) in [6.07, 6.45) is 1.52. The molecule has 3 rings (SSSR count). The summed E-state index contributed by atoms with van der Waals surface area (Å²) in [5, 5.41) is 25.9. The van der Waals surface area contributed by atoms with Crippen LogP contribution in [0, 0.1) is 0 Å². The van der Waals surface area contributed by atoms with Crippen LogP contribution in [-0.4, -0.2) is 42.1 Å². The Morgan fingerprint density at radius 1 is 1.00 bits per heavy atom. The molecule has 0 spiro atoms. The third kappa shape index (κ3) is 2.64. The van der Waals surface area contributed by atoms with Crippen molar-refractivity contribution in [1.82, 2.24) is 20.0 Å². The molecular weight excluding hydrogens is 300 g/mol. The Kier molecular flexibility index (Phi) is 3.55. The highest BCUT2D eigenvalue weighted by molar-refractivity contribution is 5.92. The van der Waals surface area contributed by atoms with Gasteiger partial charge < -0.3 is 10.2 Å². The Balaban J connectivity index is 2.23. The lowest BCUT2D eigenvalue weighted by molar-refractivity contribution is 0.0682. The number of aromatic carboxylic acids is 2. The van der Waals surface area contributed by atoms with Crippen molar-refractivity contribution in [3.8, 4) is 17.1 Å². The summed E-state index contributed by atoms with van der Waals surface area (Å²) in [7, 11) is 0. The highest BCUT2D eigenvalue weighted by Crippen LogP contribution is 2.23. The number of nitrogens with zero attached hydrogens (tertiary/aromatic N) is 4. The van der Waals surface area contributed by atoms with Crippen molar-refractivity contribution in [3.05, 3.63) is 59.9 Å². The maximum Gasteiger partial charge on any atom is 0.358 e. The van der Waals surface area contributed by atoms with Crippen LogP contribution in [0.4, 0.5) is 0 Å². The molecule has 0 unspecified atom stereocenters. The normalized spacial score (nSPS) is 10.4. The monoisotopic (exact) mass is 310 g/mol. The summed E-state index contributed by atoms with van der Waals surface area (Å²) in [5.74, 6) is -2.34. The third-order valence-corrected chi connectivity index (χ3v) is 3.12. The summed E-state index contributed by atoms with van der Waals surface area (Å²) in [6, 6.07) is 11.0. The molecule has 0 radical (unpaired) electrons. The average molecular weight is 310 g/mol.